The summed E-state index contributed by atoms with van der Waals surface area (Å²) in [4.78, 5) is 18.2. The van der Waals surface area contributed by atoms with E-state index in [1.807, 2.05) is 66.7 Å². The highest BCUT2D eigenvalue weighted by molar-refractivity contribution is 5.94. The molecule has 0 aliphatic rings. The van der Waals surface area contributed by atoms with Crippen LogP contribution in [0.25, 0.3) is 11.0 Å². The quantitative estimate of drug-likeness (QED) is 0.329. The van der Waals surface area contributed by atoms with Gasteiger partial charge in [-0.1, -0.05) is 90.5 Å². The van der Waals surface area contributed by atoms with E-state index < -0.39 is 0 Å². The first-order valence-electron chi connectivity index (χ1n) is 11.6. The maximum Gasteiger partial charge on any atom is 0.251 e. The van der Waals surface area contributed by atoms with E-state index in [-0.39, 0.29) is 11.9 Å². The highest BCUT2D eigenvalue weighted by Gasteiger charge is 2.23. The summed E-state index contributed by atoms with van der Waals surface area (Å²) >= 11 is 0. The van der Waals surface area contributed by atoms with E-state index in [2.05, 4.69) is 59.3 Å². The number of carbonyl (C=O) groups excluding carboxylic acids is 1. The largest absolute Gasteiger partial charge is 0.342 e. The van der Waals surface area contributed by atoms with Gasteiger partial charge in [0.2, 0.25) is 0 Å². The molecule has 4 nitrogen and oxygen atoms in total. The third kappa shape index (κ3) is 4.76. The van der Waals surface area contributed by atoms with Crippen LogP contribution in [0.1, 0.15) is 38.9 Å². The fourth-order valence-electron chi connectivity index (χ4n) is 4.29. The van der Waals surface area contributed by atoms with Crippen molar-refractivity contribution in [2.45, 2.75) is 25.9 Å². The van der Waals surface area contributed by atoms with E-state index in [0.29, 0.717) is 18.5 Å². The topological polar surface area (TPSA) is 46.9 Å². The number of hydrogen-bond donors (Lipinski definition) is 1. The summed E-state index contributed by atoms with van der Waals surface area (Å²) in [6, 6.07) is 36.1. The molecule has 0 aliphatic heterocycles. The first-order chi connectivity index (χ1) is 16.7. The summed E-state index contributed by atoms with van der Waals surface area (Å²) in [6.45, 7) is 2.78. The Morgan fingerprint density at radius 2 is 1.44 bits per heavy atom. The Kier molecular flexibility index (Phi) is 6.21. The second-order valence-electron chi connectivity index (χ2n) is 8.61. The smallest absolute Gasteiger partial charge is 0.251 e. The molecule has 0 bridgehead atoms. The minimum Gasteiger partial charge on any atom is -0.342 e. The van der Waals surface area contributed by atoms with Gasteiger partial charge in [-0.15, -0.1) is 0 Å². The molecular weight excluding hydrogens is 418 g/mol. The predicted molar refractivity (Wildman–Crippen MR) is 137 cm³/mol. The molecule has 4 aromatic carbocycles. The van der Waals surface area contributed by atoms with E-state index in [4.69, 9.17) is 4.98 Å². The van der Waals surface area contributed by atoms with Gasteiger partial charge in [0.1, 0.15) is 5.82 Å². The molecular formula is C30H27N3O. The minimum absolute atomic E-state index is 0.101. The van der Waals surface area contributed by atoms with Crippen molar-refractivity contribution in [1.29, 1.82) is 0 Å². The molecule has 1 amide bonds. The van der Waals surface area contributed by atoms with Crippen LogP contribution >= 0.6 is 0 Å². The zero-order valence-electron chi connectivity index (χ0n) is 19.2. The molecule has 1 unspecified atom stereocenters. The van der Waals surface area contributed by atoms with Gasteiger partial charge in [0.25, 0.3) is 5.91 Å². The Bertz CT molecular complexity index is 1390. The molecule has 0 saturated heterocycles. The summed E-state index contributed by atoms with van der Waals surface area (Å²) in [5.41, 5.74) is 6.21. The molecule has 5 aromatic rings. The molecule has 168 valence electrons. The van der Waals surface area contributed by atoms with Gasteiger partial charge in [0, 0.05) is 12.1 Å². The van der Waals surface area contributed by atoms with Crippen LogP contribution < -0.4 is 5.32 Å². The monoisotopic (exact) mass is 445 g/mol. The van der Waals surface area contributed by atoms with Crippen molar-refractivity contribution in [2.24, 2.45) is 0 Å². The number of carbonyl (C=O) groups is 1. The van der Waals surface area contributed by atoms with Crippen LogP contribution in [0.5, 0.6) is 0 Å². The molecule has 0 spiro atoms. The number of imidazole rings is 1. The second kappa shape index (κ2) is 9.75. The number of fused-ring (bicyclic) bond motifs is 1. The highest BCUT2D eigenvalue weighted by atomic mass is 16.1. The van der Waals surface area contributed by atoms with Gasteiger partial charge in [-0.2, -0.15) is 0 Å². The molecule has 5 rings (SSSR count). The lowest BCUT2D eigenvalue weighted by atomic mass is 10.0. The van der Waals surface area contributed by atoms with Crippen LogP contribution in [-0.4, -0.2) is 15.5 Å². The van der Waals surface area contributed by atoms with Crippen LogP contribution in [0.3, 0.4) is 0 Å². The number of hydrogen-bond acceptors (Lipinski definition) is 2. The van der Waals surface area contributed by atoms with Crippen LogP contribution in [0.2, 0.25) is 0 Å². The number of amides is 1. The van der Waals surface area contributed by atoms with Gasteiger partial charge in [-0.3, -0.25) is 4.79 Å². The lowest BCUT2D eigenvalue weighted by molar-refractivity contribution is 0.0934. The van der Waals surface area contributed by atoms with E-state index in [1.54, 1.807) is 0 Å². The van der Waals surface area contributed by atoms with Crippen LogP contribution in [0.15, 0.2) is 109 Å². The summed E-state index contributed by atoms with van der Waals surface area (Å²) < 4.78 is 2.24. The van der Waals surface area contributed by atoms with E-state index >= 15 is 0 Å². The molecule has 1 heterocycles. The van der Waals surface area contributed by atoms with Crippen molar-refractivity contribution in [1.82, 2.24) is 14.9 Å². The molecule has 0 fully saturated rings. The first kappa shape index (κ1) is 21.7. The lowest BCUT2D eigenvalue weighted by Crippen LogP contribution is -2.32. The molecule has 0 saturated carbocycles. The summed E-state index contributed by atoms with van der Waals surface area (Å²) in [6.07, 6.45) is 0.649. The average Bonchev–Trinajstić information content (AvgIpc) is 3.24. The van der Waals surface area contributed by atoms with Crippen molar-refractivity contribution >= 4 is 16.9 Å². The van der Waals surface area contributed by atoms with E-state index in [0.717, 1.165) is 22.4 Å². The normalized spacial score (nSPS) is 11.9. The van der Waals surface area contributed by atoms with Gasteiger partial charge in [0.05, 0.1) is 17.1 Å². The lowest BCUT2D eigenvalue weighted by Gasteiger charge is -2.21. The van der Waals surface area contributed by atoms with Gasteiger partial charge in [-0.05, 0) is 48.7 Å². The molecule has 1 N–H and O–H groups in total. The third-order valence-corrected chi connectivity index (χ3v) is 6.08. The van der Waals surface area contributed by atoms with Gasteiger partial charge < -0.3 is 9.88 Å². The maximum absolute atomic E-state index is 13.2. The standard InChI is InChI=1S/C30H27N3O/c1-22-16-18-24(19-17-22)21-33-28-15-9-8-14-26(28)31-29(33)27(20-23-10-4-2-5-11-23)32-30(34)25-12-6-3-7-13-25/h2-19,27H,20-21H2,1H3,(H,32,34). The summed E-state index contributed by atoms with van der Waals surface area (Å²) in [7, 11) is 0. The Balaban J connectivity index is 1.57. The fourth-order valence-corrected chi connectivity index (χ4v) is 4.29. The van der Waals surface area contributed by atoms with Crippen LogP contribution in [0.4, 0.5) is 0 Å². The van der Waals surface area contributed by atoms with Crippen LogP contribution in [-0.2, 0) is 13.0 Å². The maximum atomic E-state index is 13.2. The first-order valence-corrected chi connectivity index (χ1v) is 11.6. The summed E-state index contributed by atoms with van der Waals surface area (Å²) in [5, 5.41) is 3.27. The van der Waals surface area contributed by atoms with Crippen LogP contribution in [0, 0.1) is 6.92 Å². The van der Waals surface area contributed by atoms with Crippen molar-refractivity contribution in [2.75, 3.05) is 0 Å². The molecule has 0 radical (unpaired) electrons. The van der Waals surface area contributed by atoms with Crippen molar-refractivity contribution < 1.29 is 4.79 Å². The number of aromatic nitrogens is 2. The Morgan fingerprint density at radius 1 is 0.794 bits per heavy atom. The number of nitrogens with one attached hydrogen (secondary N) is 1. The average molecular weight is 446 g/mol. The van der Waals surface area contributed by atoms with Crippen molar-refractivity contribution in [3.05, 3.63) is 137 Å². The summed E-state index contributed by atoms with van der Waals surface area (Å²) in [5.74, 6) is 0.755. The highest BCUT2D eigenvalue weighted by Crippen LogP contribution is 2.25. The Morgan fingerprint density at radius 3 is 2.18 bits per heavy atom. The predicted octanol–water partition coefficient (Wildman–Crippen LogP) is 6.11. The minimum atomic E-state index is -0.284. The Hall–Kier alpha value is -4.18. The molecule has 0 aliphatic carbocycles. The molecule has 1 aromatic heterocycles. The second-order valence-corrected chi connectivity index (χ2v) is 8.61. The number of nitrogens with zero attached hydrogens (tertiary/aromatic N) is 2. The molecule has 4 heteroatoms. The zero-order chi connectivity index (χ0) is 23.3. The number of aryl methyl sites for hydroxylation is 1. The number of para-hydroxylation sites is 2. The van der Waals surface area contributed by atoms with Gasteiger partial charge >= 0.3 is 0 Å². The van der Waals surface area contributed by atoms with Crippen molar-refractivity contribution in [3.63, 3.8) is 0 Å². The zero-order valence-corrected chi connectivity index (χ0v) is 19.2. The van der Waals surface area contributed by atoms with E-state index in [1.165, 1.54) is 11.1 Å². The SMILES string of the molecule is Cc1ccc(Cn2c(C(Cc3ccccc3)NC(=O)c3ccccc3)nc3ccccc32)cc1. The van der Waals surface area contributed by atoms with Gasteiger partial charge in [0.15, 0.2) is 0 Å². The fraction of sp³-hybridized carbons (Fsp3) is 0.133. The molecule has 1 atom stereocenters. The van der Waals surface area contributed by atoms with Gasteiger partial charge in [-0.25, -0.2) is 4.98 Å². The third-order valence-electron chi connectivity index (χ3n) is 6.08. The van der Waals surface area contributed by atoms with E-state index in [9.17, 15) is 4.79 Å². The molecule has 34 heavy (non-hydrogen) atoms. The number of rotatable bonds is 7. The van der Waals surface area contributed by atoms with Crippen molar-refractivity contribution in [3.8, 4) is 0 Å². The Labute approximate surface area is 199 Å². The number of benzene rings is 4.